The topological polar surface area (TPSA) is 98.3 Å². The number of aromatic nitrogens is 1. The molecule has 2 aromatic heterocycles. The summed E-state index contributed by atoms with van der Waals surface area (Å²) in [6.45, 7) is 1.44. The summed E-state index contributed by atoms with van der Waals surface area (Å²) < 4.78 is 5.07. The Hall–Kier alpha value is -3.48. The van der Waals surface area contributed by atoms with Crippen molar-refractivity contribution in [1.82, 2.24) is 4.98 Å². The van der Waals surface area contributed by atoms with Crippen LogP contribution in [0.15, 0.2) is 46.9 Å². The summed E-state index contributed by atoms with van der Waals surface area (Å²) >= 11 is 0. The molecule has 0 unspecified atom stereocenters. The zero-order valence-corrected chi connectivity index (χ0v) is 12.7. The maximum absolute atomic E-state index is 11.4. The van der Waals surface area contributed by atoms with E-state index < -0.39 is 4.92 Å². The van der Waals surface area contributed by atoms with Crippen molar-refractivity contribution in [1.29, 1.82) is 0 Å². The van der Waals surface area contributed by atoms with Crippen molar-refractivity contribution in [3.8, 4) is 0 Å². The number of carbonyl (C=O) groups is 1. The van der Waals surface area contributed by atoms with E-state index >= 15 is 0 Å². The molecule has 0 spiro atoms. The number of anilines is 1. The Bertz CT molecular complexity index is 959. The molecule has 1 N–H and O–H groups in total. The van der Waals surface area contributed by atoms with E-state index in [1.54, 1.807) is 18.2 Å². The van der Waals surface area contributed by atoms with Crippen LogP contribution in [-0.2, 0) is 4.79 Å². The van der Waals surface area contributed by atoms with Gasteiger partial charge in [0, 0.05) is 12.3 Å². The van der Waals surface area contributed by atoms with Gasteiger partial charge >= 0.3 is 5.88 Å². The van der Waals surface area contributed by atoms with E-state index in [0.717, 1.165) is 10.9 Å². The number of carbonyl (C=O) groups excluding carboxylic acids is 1. The molecule has 0 radical (unpaired) electrons. The average molecular weight is 323 g/mol. The monoisotopic (exact) mass is 323 g/mol. The van der Waals surface area contributed by atoms with Crippen molar-refractivity contribution in [3.63, 3.8) is 0 Å². The van der Waals surface area contributed by atoms with Gasteiger partial charge in [-0.1, -0.05) is 18.2 Å². The molecule has 7 heteroatoms. The highest BCUT2D eigenvalue weighted by atomic mass is 16.6. The maximum atomic E-state index is 11.4. The van der Waals surface area contributed by atoms with Crippen LogP contribution in [0, 0.1) is 10.1 Å². The highest BCUT2D eigenvalue weighted by Crippen LogP contribution is 2.24. The number of nitrogens with one attached hydrogen (secondary N) is 1. The van der Waals surface area contributed by atoms with Crippen molar-refractivity contribution in [2.45, 2.75) is 6.92 Å². The number of furan rings is 1. The fourth-order valence-corrected chi connectivity index (χ4v) is 2.27. The van der Waals surface area contributed by atoms with Gasteiger partial charge in [-0.3, -0.25) is 14.9 Å². The predicted molar refractivity (Wildman–Crippen MR) is 90.3 cm³/mol. The van der Waals surface area contributed by atoms with E-state index in [9.17, 15) is 14.9 Å². The van der Waals surface area contributed by atoms with Crippen molar-refractivity contribution in [2.75, 3.05) is 5.32 Å². The van der Waals surface area contributed by atoms with Crippen LogP contribution in [-0.4, -0.2) is 15.8 Å². The van der Waals surface area contributed by atoms with Crippen molar-refractivity contribution in [2.24, 2.45) is 0 Å². The minimum absolute atomic E-state index is 0.178. The minimum Gasteiger partial charge on any atom is -0.401 e. The summed E-state index contributed by atoms with van der Waals surface area (Å²) in [7, 11) is 0. The Morgan fingerprint density at radius 3 is 2.75 bits per heavy atom. The number of para-hydroxylation sites is 1. The van der Waals surface area contributed by atoms with Crippen molar-refractivity contribution >= 4 is 40.5 Å². The molecule has 3 aromatic rings. The number of hydrogen-bond acceptors (Lipinski definition) is 5. The summed E-state index contributed by atoms with van der Waals surface area (Å²) in [4.78, 5) is 25.9. The van der Waals surface area contributed by atoms with Gasteiger partial charge in [-0.15, -0.1) is 0 Å². The Morgan fingerprint density at radius 2 is 2.04 bits per heavy atom. The fourth-order valence-electron chi connectivity index (χ4n) is 2.27. The van der Waals surface area contributed by atoms with E-state index in [1.165, 1.54) is 19.1 Å². The molecule has 0 aliphatic heterocycles. The molecular weight excluding hydrogens is 310 g/mol. The molecule has 1 amide bonds. The number of nitro groups is 1. The number of hydrogen-bond donors (Lipinski definition) is 1. The molecule has 0 aliphatic rings. The molecule has 3 rings (SSSR count). The smallest absolute Gasteiger partial charge is 0.401 e. The van der Waals surface area contributed by atoms with Gasteiger partial charge in [0.25, 0.3) is 0 Å². The molecular formula is C17H13N3O4. The van der Waals surface area contributed by atoms with Gasteiger partial charge < -0.3 is 9.73 Å². The molecule has 7 nitrogen and oxygen atoms in total. The van der Waals surface area contributed by atoms with Crippen LogP contribution < -0.4 is 5.32 Å². The van der Waals surface area contributed by atoms with Gasteiger partial charge in [0.05, 0.1) is 23.0 Å². The number of pyridine rings is 1. The first-order valence-corrected chi connectivity index (χ1v) is 7.12. The van der Waals surface area contributed by atoms with Crippen LogP contribution in [0.2, 0.25) is 0 Å². The molecule has 0 atom stereocenters. The highest BCUT2D eigenvalue weighted by molar-refractivity contribution is 6.00. The van der Waals surface area contributed by atoms with Gasteiger partial charge in [-0.25, -0.2) is 4.98 Å². The maximum Gasteiger partial charge on any atom is 0.433 e. The van der Waals surface area contributed by atoms with Gasteiger partial charge in [0.15, 0.2) is 0 Å². The van der Waals surface area contributed by atoms with Crippen LogP contribution in [0.4, 0.5) is 11.6 Å². The number of fused-ring (bicyclic) bond motifs is 1. The lowest BCUT2D eigenvalue weighted by atomic mass is 10.1. The average Bonchev–Trinajstić information content (AvgIpc) is 3.02. The fraction of sp³-hybridized carbons (Fsp3) is 0.0588. The van der Waals surface area contributed by atoms with Gasteiger partial charge in [0.2, 0.25) is 5.91 Å². The first kappa shape index (κ1) is 15.4. The molecule has 0 saturated carbocycles. The molecule has 2 heterocycles. The summed E-state index contributed by atoms with van der Waals surface area (Å²) in [5.41, 5.74) is 1.98. The predicted octanol–water partition coefficient (Wildman–Crippen LogP) is 3.86. The molecule has 1 aromatic carbocycles. The second-order valence-corrected chi connectivity index (χ2v) is 5.06. The van der Waals surface area contributed by atoms with Gasteiger partial charge in [-0.2, -0.15) is 0 Å². The van der Waals surface area contributed by atoms with Gasteiger partial charge in [0.1, 0.15) is 10.7 Å². The highest BCUT2D eigenvalue weighted by Gasteiger charge is 2.10. The lowest BCUT2D eigenvalue weighted by Gasteiger charge is -2.08. The zero-order chi connectivity index (χ0) is 17.1. The first-order chi connectivity index (χ1) is 11.5. The van der Waals surface area contributed by atoms with Crippen molar-refractivity contribution in [3.05, 3.63) is 64.0 Å². The van der Waals surface area contributed by atoms with Crippen LogP contribution in [0.25, 0.3) is 23.1 Å². The van der Waals surface area contributed by atoms with Crippen LogP contribution in [0.5, 0.6) is 0 Å². The SMILES string of the molecule is CC(=O)Nc1cc(C=Cc2ccc([N+](=O)[O-])o2)nc2ccccc12. The summed E-state index contributed by atoms with van der Waals surface area (Å²) in [6, 6.07) is 12.0. The normalized spacial score (nSPS) is 11.0. The minimum atomic E-state index is -0.597. The second-order valence-electron chi connectivity index (χ2n) is 5.06. The van der Waals surface area contributed by atoms with E-state index in [4.69, 9.17) is 4.42 Å². The third-order valence-corrected chi connectivity index (χ3v) is 3.26. The zero-order valence-electron chi connectivity index (χ0n) is 12.7. The van der Waals surface area contributed by atoms with Crippen molar-refractivity contribution < 1.29 is 14.1 Å². The summed E-state index contributed by atoms with van der Waals surface area (Å²) in [6.07, 6.45) is 3.25. The summed E-state index contributed by atoms with van der Waals surface area (Å²) in [5.74, 6) is -0.152. The Balaban J connectivity index is 1.97. The largest absolute Gasteiger partial charge is 0.433 e. The second kappa shape index (κ2) is 6.33. The molecule has 120 valence electrons. The third kappa shape index (κ3) is 3.30. The lowest BCUT2D eigenvalue weighted by molar-refractivity contribution is -0.402. The molecule has 0 saturated heterocycles. The third-order valence-electron chi connectivity index (χ3n) is 3.26. The summed E-state index contributed by atoms with van der Waals surface area (Å²) in [5, 5.41) is 14.2. The van der Waals surface area contributed by atoms with Gasteiger partial charge in [-0.05, 0) is 30.4 Å². The standard InChI is InChI=1S/C17H13N3O4/c1-11(21)18-16-10-12(19-15-5-3-2-4-14(15)16)6-7-13-8-9-17(24-13)20(22)23/h2-10H,1H3,(H,18,19,21). The number of benzene rings is 1. The number of rotatable bonds is 4. The Morgan fingerprint density at radius 1 is 1.25 bits per heavy atom. The lowest BCUT2D eigenvalue weighted by Crippen LogP contribution is -2.06. The first-order valence-electron chi connectivity index (χ1n) is 7.12. The van der Waals surface area contributed by atoms with Crippen LogP contribution in [0.3, 0.4) is 0 Å². The molecule has 0 aliphatic carbocycles. The van der Waals surface area contributed by atoms with E-state index in [0.29, 0.717) is 17.1 Å². The van der Waals surface area contributed by atoms with E-state index in [-0.39, 0.29) is 11.8 Å². The molecule has 0 fully saturated rings. The quantitative estimate of drug-likeness (QED) is 0.580. The van der Waals surface area contributed by atoms with Crippen LogP contribution >= 0.6 is 0 Å². The Kier molecular flexibility index (Phi) is 4.07. The number of amides is 1. The van der Waals surface area contributed by atoms with E-state index in [2.05, 4.69) is 10.3 Å². The molecule has 0 bridgehead atoms. The van der Waals surface area contributed by atoms with E-state index in [1.807, 2.05) is 24.3 Å². The van der Waals surface area contributed by atoms with Crippen LogP contribution in [0.1, 0.15) is 18.4 Å². The number of nitrogens with zero attached hydrogens (tertiary/aromatic N) is 2. The Labute approximate surface area is 136 Å². The molecule has 24 heavy (non-hydrogen) atoms.